The Bertz CT molecular complexity index is 1300. The molecule has 1 unspecified atom stereocenters. The maximum Gasteiger partial charge on any atom is 0.336 e. The summed E-state index contributed by atoms with van der Waals surface area (Å²) in [6.07, 6.45) is 0.488. The van der Waals surface area contributed by atoms with E-state index < -0.39 is 27.7 Å². The zero-order valence-corrected chi connectivity index (χ0v) is 22.4. The molecule has 0 spiro atoms. The van der Waals surface area contributed by atoms with Gasteiger partial charge in [0.05, 0.1) is 41.6 Å². The van der Waals surface area contributed by atoms with Crippen molar-refractivity contribution in [2.24, 2.45) is 0 Å². The number of hydrogen-bond donors (Lipinski definition) is 1. The van der Waals surface area contributed by atoms with Crippen molar-refractivity contribution in [3.63, 3.8) is 0 Å². The lowest BCUT2D eigenvalue weighted by molar-refractivity contribution is -0.143. The number of rotatable bonds is 11. The third-order valence-corrected chi connectivity index (χ3v) is 7.84. The number of carbonyl (C=O) groups is 2. The average Bonchev–Trinajstić information content (AvgIpc) is 2.90. The van der Waals surface area contributed by atoms with Gasteiger partial charge < -0.3 is 19.5 Å². The van der Waals surface area contributed by atoms with Crippen LogP contribution in [0.1, 0.15) is 50.7 Å². The van der Waals surface area contributed by atoms with Crippen molar-refractivity contribution >= 4 is 21.8 Å². The topological polar surface area (TPSA) is 108 Å². The molecule has 1 N–H and O–H groups in total. The highest BCUT2D eigenvalue weighted by molar-refractivity contribution is 7.94. The number of allylic oxidation sites excluding steroid dienone is 2. The van der Waals surface area contributed by atoms with Gasteiger partial charge in [-0.1, -0.05) is 62.4 Å². The Morgan fingerprint density at radius 3 is 2.22 bits per heavy atom. The van der Waals surface area contributed by atoms with Gasteiger partial charge in [0.2, 0.25) is 0 Å². The standard InChI is InChI=1S/C28H33NO7S/c1-5-21-27(37(32,33)18-19-13-9-8-10-14-19)25(20-15-11-12-16-23(20)34-4)26(28(31)35-7-3)22(29-21)17-36-24(30)6-2/h8-16,25,29H,5-7,17-18H2,1-4H3. The normalized spacial score (nSPS) is 15.7. The molecule has 2 aromatic rings. The van der Waals surface area contributed by atoms with Gasteiger partial charge in [0, 0.05) is 17.7 Å². The summed E-state index contributed by atoms with van der Waals surface area (Å²) in [5.74, 6) is -2.01. The molecule has 37 heavy (non-hydrogen) atoms. The number of dihydropyridines is 1. The molecule has 0 aliphatic carbocycles. The lowest BCUT2D eigenvalue weighted by Crippen LogP contribution is -2.35. The number of esters is 2. The summed E-state index contributed by atoms with van der Waals surface area (Å²) >= 11 is 0. The second kappa shape index (κ2) is 12.6. The first-order valence-corrected chi connectivity index (χ1v) is 13.9. The summed E-state index contributed by atoms with van der Waals surface area (Å²) in [5.41, 5.74) is 1.88. The molecule has 0 aromatic heterocycles. The van der Waals surface area contributed by atoms with E-state index in [9.17, 15) is 18.0 Å². The summed E-state index contributed by atoms with van der Waals surface area (Å²) in [7, 11) is -2.46. The number of para-hydroxylation sites is 1. The minimum atomic E-state index is -3.95. The molecule has 1 aliphatic heterocycles. The van der Waals surface area contributed by atoms with Gasteiger partial charge in [0.15, 0.2) is 9.84 Å². The largest absolute Gasteiger partial charge is 0.496 e. The highest BCUT2D eigenvalue weighted by Crippen LogP contribution is 2.45. The van der Waals surface area contributed by atoms with Gasteiger partial charge in [0.25, 0.3) is 0 Å². The molecule has 2 aromatic carbocycles. The summed E-state index contributed by atoms with van der Waals surface area (Å²) < 4.78 is 44.4. The van der Waals surface area contributed by atoms with E-state index >= 15 is 0 Å². The molecule has 0 saturated carbocycles. The molecule has 1 aliphatic rings. The highest BCUT2D eigenvalue weighted by Gasteiger charge is 2.42. The second-order valence-corrected chi connectivity index (χ2v) is 10.3. The minimum Gasteiger partial charge on any atom is -0.496 e. The Morgan fingerprint density at radius 1 is 0.919 bits per heavy atom. The van der Waals surface area contributed by atoms with E-state index in [1.807, 2.05) is 13.0 Å². The predicted molar refractivity (Wildman–Crippen MR) is 140 cm³/mol. The van der Waals surface area contributed by atoms with Crippen molar-refractivity contribution in [3.8, 4) is 5.75 Å². The number of methoxy groups -OCH3 is 1. The van der Waals surface area contributed by atoms with Crippen LogP contribution >= 0.6 is 0 Å². The maximum atomic E-state index is 14.1. The Kier molecular flexibility index (Phi) is 9.52. The Morgan fingerprint density at radius 2 is 1.59 bits per heavy atom. The van der Waals surface area contributed by atoms with Crippen molar-refractivity contribution in [1.29, 1.82) is 0 Å². The quantitative estimate of drug-likeness (QED) is 0.429. The first-order valence-electron chi connectivity index (χ1n) is 12.2. The van der Waals surface area contributed by atoms with Crippen LogP contribution in [0.5, 0.6) is 5.75 Å². The van der Waals surface area contributed by atoms with Crippen molar-refractivity contribution in [1.82, 2.24) is 5.32 Å². The highest BCUT2D eigenvalue weighted by atomic mass is 32.2. The molecule has 1 atom stereocenters. The molecular formula is C28H33NO7S. The van der Waals surface area contributed by atoms with Gasteiger partial charge in [-0.05, 0) is 25.0 Å². The van der Waals surface area contributed by atoms with E-state index in [0.717, 1.165) is 0 Å². The lowest BCUT2D eigenvalue weighted by atomic mass is 9.85. The molecule has 0 amide bonds. The molecule has 3 rings (SSSR count). The Balaban J connectivity index is 2.29. The molecule has 198 valence electrons. The fourth-order valence-electron chi connectivity index (χ4n) is 4.31. The average molecular weight is 528 g/mol. The van der Waals surface area contributed by atoms with Crippen molar-refractivity contribution in [2.45, 2.75) is 45.3 Å². The van der Waals surface area contributed by atoms with E-state index in [4.69, 9.17) is 14.2 Å². The molecule has 0 radical (unpaired) electrons. The van der Waals surface area contributed by atoms with Crippen LogP contribution in [0.3, 0.4) is 0 Å². The van der Waals surface area contributed by atoms with Gasteiger partial charge in [-0.25, -0.2) is 13.2 Å². The van der Waals surface area contributed by atoms with Crippen molar-refractivity contribution < 1.29 is 32.2 Å². The van der Waals surface area contributed by atoms with E-state index in [0.29, 0.717) is 29.0 Å². The summed E-state index contributed by atoms with van der Waals surface area (Å²) in [4.78, 5) is 25.4. The molecule has 0 saturated heterocycles. The van der Waals surface area contributed by atoms with Gasteiger partial charge >= 0.3 is 11.9 Å². The maximum absolute atomic E-state index is 14.1. The fraction of sp³-hybridized carbons (Fsp3) is 0.357. The number of nitrogens with one attached hydrogen (secondary N) is 1. The van der Waals surface area contributed by atoms with E-state index in [2.05, 4.69) is 5.32 Å². The van der Waals surface area contributed by atoms with Crippen LogP contribution in [-0.4, -0.2) is 40.7 Å². The summed E-state index contributed by atoms with van der Waals surface area (Å²) in [6.45, 7) is 5.01. The van der Waals surface area contributed by atoms with Crippen LogP contribution in [0.2, 0.25) is 0 Å². The van der Waals surface area contributed by atoms with E-state index in [1.165, 1.54) is 7.11 Å². The monoisotopic (exact) mass is 527 g/mol. The molecule has 1 heterocycles. The Hall–Kier alpha value is -3.59. The number of hydrogen-bond acceptors (Lipinski definition) is 8. The van der Waals surface area contributed by atoms with Crippen LogP contribution in [0.15, 0.2) is 76.5 Å². The van der Waals surface area contributed by atoms with Gasteiger partial charge in [-0.2, -0.15) is 0 Å². The first-order chi connectivity index (χ1) is 17.8. The second-order valence-electron chi connectivity index (χ2n) is 8.37. The predicted octanol–water partition coefficient (Wildman–Crippen LogP) is 4.39. The number of sulfone groups is 1. The number of carbonyl (C=O) groups excluding carboxylic acids is 2. The van der Waals surface area contributed by atoms with Crippen molar-refractivity contribution in [2.75, 3.05) is 20.3 Å². The van der Waals surface area contributed by atoms with E-state index in [-0.39, 0.29) is 41.6 Å². The first kappa shape index (κ1) is 28.0. The zero-order valence-electron chi connectivity index (χ0n) is 21.6. The molecular weight excluding hydrogens is 494 g/mol. The lowest BCUT2D eigenvalue weighted by Gasteiger charge is -2.33. The summed E-state index contributed by atoms with van der Waals surface area (Å²) in [6, 6.07) is 15.8. The minimum absolute atomic E-state index is 0.0666. The fourth-order valence-corrected chi connectivity index (χ4v) is 6.27. The van der Waals surface area contributed by atoms with Crippen LogP contribution in [0, 0.1) is 0 Å². The van der Waals surface area contributed by atoms with Crippen LogP contribution in [-0.2, 0) is 34.7 Å². The number of benzene rings is 2. The molecule has 9 heteroatoms. The third kappa shape index (κ3) is 6.40. The Labute approximate surface area is 218 Å². The van der Waals surface area contributed by atoms with Gasteiger partial charge in [-0.3, -0.25) is 4.79 Å². The third-order valence-electron chi connectivity index (χ3n) is 5.97. The SMILES string of the molecule is CCOC(=O)C1=C(COC(=O)CC)NC(CC)=C(S(=O)(=O)Cc2ccccc2)C1c1ccccc1OC. The molecule has 0 fully saturated rings. The van der Waals surface area contributed by atoms with Crippen LogP contribution in [0.4, 0.5) is 0 Å². The van der Waals surface area contributed by atoms with Crippen molar-refractivity contribution in [3.05, 3.63) is 87.6 Å². The smallest absolute Gasteiger partial charge is 0.336 e. The van der Waals surface area contributed by atoms with E-state index in [1.54, 1.807) is 62.4 Å². The molecule has 8 nitrogen and oxygen atoms in total. The summed E-state index contributed by atoms with van der Waals surface area (Å²) in [5, 5.41) is 3.11. The van der Waals surface area contributed by atoms with Gasteiger partial charge in [-0.15, -0.1) is 0 Å². The van der Waals surface area contributed by atoms with Gasteiger partial charge in [0.1, 0.15) is 12.4 Å². The van der Waals surface area contributed by atoms with Crippen LogP contribution < -0.4 is 10.1 Å². The zero-order chi connectivity index (χ0) is 27.0. The molecule has 0 bridgehead atoms. The van der Waals surface area contributed by atoms with Crippen LogP contribution in [0.25, 0.3) is 0 Å². The number of ether oxygens (including phenoxy) is 3.